The fourth-order valence-electron chi connectivity index (χ4n) is 2.78. The number of fused-ring (bicyclic) bond motifs is 1. The summed E-state index contributed by atoms with van der Waals surface area (Å²) in [6.07, 6.45) is 1.02. The van der Waals surface area contributed by atoms with Crippen LogP contribution in [0.15, 0.2) is 27.7 Å². The van der Waals surface area contributed by atoms with E-state index in [9.17, 15) is 4.79 Å². The lowest BCUT2D eigenvalue weighted by atomic mass is 10.0. The molecule has 0 atom stereocenters. The van der Waals surface area contributed by atoms with Crippen LogP contribution in [0, 0.1) is 13.8 Å². The molecule has 1 aliphatic rings. The van der Waals surface area contributed by atoms with Crippen molar-refractivity contribution >= 4 is 17.4 Å². The molecule has 3 rings (SSSR count). The Morgan fingerprint density at radius 3 is 2.86 bits per heavy atom. The smallest absolute Gasteiger partial charge is 0.310 e. The third-order valence-corrected chi connectivity index (χ3v) is 3.73. The first-order chi connectivity index (χ1) is 10.6. The molecule has 0 bridgehead atoms. The van der Waals surface area contributed by atoms with Crippen LogP contribution in [0.1, 0.15) is 35.1 Å². The minimum absolute atomic E-state index is 0.202. The van der Waals surface area contributed by atoms with E-state index in [-0.39, 0.29) is 5.97 Å². The summed E-state index contributed by atoms with van der Waals surface area (Å²) < 4.78 is 10.2. The van der Waals surface area contributed by atoms with Gasteiger partial charge in [0.15, 0.2) is 0 Å². The van der Waals surface area contributed by atoms with Gasteiger partial charge in [-0.2, -0.15) is 0 Å². The van der Waals surface area contributed by atoms with Crippen molar-refractivity contribution in [2.75, 3.05) is 6.61 Å². The van der Waals surface area contributed by atoms with Crippen LogP contribution in [0.4, 0.5) is 5.69 Å². The Balaban J connectivity index is 1.82. The number of ether oxygens (including phenoxy) is 1. The highest BCUT2D eigenvalue weighted by molar-refractivity contribution is 6.07. The van der Waals surface area contributed by atoms with Crippen molar-refractivity contribution in [3.63, 3.8) is 0 Å². The van der Waals surface area contributed by atoms with E-state index in [1.165, 1.54) is 0 Å². The van der Waals surface area contributed by atoms with E-state index >= 15 is 0 Å². The van der Waals surface area contributed by atoms with Crippen molar-refractivity contribution < 1.29 is 14.1 Å². The average molecular weight is 298 g/mol. The zero-order valence-corrected chi connectivity index (χ0v) is 13.0. The molecule has 0 unspecified atom stereocenters. The summed E-state index contributed by atoms with van der Waals surface area (Å²) in [7, 11) is 0. The van der Waals surface area contributed by atoms with Gasteiger partial charge in [0.25, 0.3) is 0 Å². The van der Waals surface area contributed by atoms with Gasteiger partial charge >= 0.3 is 5.97 Å². The van der Waals surface area contributed by atoms with Gasteiger partial charge in [0.2, 0.25) is 0 Å². The highest BCUT2D eigenvalue weighted by Gasteiger charge is 2.22. The van der Waals surface area contributed by atoms with Crippen LogP contribution in [-0.4, -0.2) is 23.4 Å². The predicted octanol–water partition coefficient (Wildman–Crippen LogP) is 3.07. The molecule has 5 nitrogen and oxygen atoms in total. The normalized spacial score (nSPS) is 13.0. The van der Waals surface area contributed by atoms with Gasteiger partial charge in [-0.25, -0.2) is 0 Å². The van der Waals surface area contributed by atoms with E-state index in [0.29, 0.717) is 13.0 Å². The summed E-state index contributed by atoms with van der Waals surface area (Å²) in [6.45, 7) is 6.03. The van der Waals surface area contributed by atoms with Crippen LogP contribution in [0.3, 0.4) is 0 Å². The van der Waals surface area contributed by atoms with Gasteiger partial charge in [0.1, 0.15) is 5.76 Å². The number of aliphatic imine (C=N–C) groups is 1. The Hall–Kier alpha value is -2.43. The van der Waals surface area contributed by atoms with Crippen LogP contribution >= 0.6 is 0 Å². The Labute approximate surface area is 129 Å². The predicted molar refractivity (Wildman–Crippen MR) is 82.7 cm³/mol. The highest BCUT2D eigenvalue weighted by Crippen LogP contribution is 2.31. The van der Waals surface area contributed by atoms with Gasteiger partial charge in [0, 0.05) is 6.42 Å². The SMILES string of the molecule is CCOC(=O)Cc1ccc2c(c1)CC(c1c(C)noc1C)=N2. The summed E-state index contributed by atoms with van der Waals surface area (Å²) in [5, 5.41) is 3.98. The number of aromatic nitrogens is 1. The van der Waals surface area contributed by atoms with Gasteiger partial charge in [0.05, 0.1) is 35.7 Å². The number of esters is 1. The number of hydrogen-bond donors (Lipinski definition) is 0. The summed E-state index contributed by atoms with van der Waals surface area (Å²) in [5.41, 5.74) is 5.84. The van der Waals surface area contributed by atoms with Gasteiger partial charge in [-0.1, -0.05) is 17.3 Å². The number of hydrogen-bond acceptors (Lipinski definition) is 5. The molecular formula is C17H18N2O3. The van der Waals surface area contributed by atoms with E-state index in [2.05, 4.69) is 10.1 Å². The maximum Gasteiger partial charge on any atom is 0.310 e. The number of benzene rings is 1. The molecule has 0 N–H and O–H groups in total. The molecule has 0 saturated heterocycles. The summed E-state index contributed by atoms with van der Waals surface area (Å²) in [6, 6.07) is 5.91. The second-order valence-corrected chi connectivity index (χ2v) is 5.38. The van der Waals surface area contributed by atoms with Crippen molar-refractivity contribution in [2.45, 2.75) is 33.6 Å². The quantitative estimate of drug-likeness (QED) is 0.814. The van der Waals surface area contributed by atoms with Crippen molar-refractivity contribution in [1.82, 2.24) is 5.16 Å². The van der Waals surface area contributed by atoms with Crippen molar-refractivity contribution in [1.29, 1.82) is 0 Å². The number of rotatable bonds is 4. The number of nitrogens with zero attached hydrogens (tertiary/aromatic N) is 2. The van der Waals surface area contributed by atoms with E-state index in [4.69, 9.17) is 9.26 Å². The second kappa shape index (κ2) is 5.75. The molecule has 0 saturated carbocycles. The minimum Gasteiger partial charge on any atom is -0.466 e. The molecule has 0 radical (unpaired) electrons. The van der Waals surface area contributed by atoms with Crippen LogP contribution in [0.2, 0.25) is 0 Å². The van der Waals surface area contributed by atoms with E-state index in [0.717, 1.165) is 46.0 Å². The molecule has 0 fully saturated rings. The Morgan fingerprint density at radius 2 is 2.18 bits per heavy atom. The Bertz CT molecular complexity index is 740. The number of carbonyl (C=O) groups is 1. The maximum absolute atomic E-state index is 11.6. The van der Waals surface area contributed by atoms with Crippen LogP contribution in [0.25, 0.3) is 0 Å². The molecule has 1 aromatic heterocycles. The van der Waals surface area contributed by atoms with Gasteiger partial charge in [-0.05, 0) is 38.0 Å². The molecular weight excluding hydrogens is 280 g/mol. The molecule has 0 amide bonds. The molecule has 2 aromatic rings. The topological polar surface area (TPSA) is 64.7 Å². The van der Waals surface area contributed by atoms with E-state index in [1.54, 1.807) is 0 Å². The van der Waals surface area contributed by atoms with E-state index < -0.39 is 0 Å². The minimum atomic E-state index is -0.202. The molecule has 114 valence electrons. The molecule has 0 spiro atoms. The number of aryl methyl sites for hydroxylation is 2. The van der Waals surface area contributed by atoms with Crippen LogP contribution < -0.4 is 0 Å². The Kier molecular flexibility index (Phi) is 3.79. The Morgan fingerprint density at radius 1 is 1.36 bits per heavy atom. The first kappa shape index (κ1) is 14.5. The maximum atomic E-state index is 11.6. The molecule has 2 heterocycles. The van der Waals surface area contributed by atoms with Crippen molar-refractivity contribution in [2.24, 2.45) is 4.99 Å². The zero-order chi connectivity index (χ0) is 15.7. The standard InChI is InChI=1S/C17H18N2O3/c1-4-21-16(20)8-12-5-6-14-13(7-12)9-15(18-14)17-10(2)19-22-11(17)3/h5-7H,4,8-9H2,1-3H3. The lowest BCUT2D eigenvalue weighted by Crippen LogP contribution is -2.07. The van der Waals surface area contributed by atoms with Crippen molar-refractivity contribution in [3.8, 4) is 0 Å². The average Bonchev–Trinajstić information content (AvgIpc) is 3.01. The van der Waals surface area contributed by atoms with E-state index in [1.807, 2.05) is 39.0 Å². The zero-order valence-electron chi connectivity index (χ0n) is 13.0. The monoisotopic (exact) mass is 298 g/mol. The molecule has 5 heteroatoms. The second-order valence-electron chi connectivity index (χ2n) is 5.38. The third-order valence-electron chi connectivity index (χ3n) is 3.73. The summed E-state index contributed by atoms with van der Waals surface area (Å²) in [4.78, 5) is 16.3. The van der Waals surface area contributed by atoms with Crippen molar-refractivity contribution in [3.05, 3.63) is 46.3 Å². The molecule has 1 aromatic carbocycles. The summed E-state index contributed by atoms with van der Waals surface area (Å²) >= 11 is 0. The summed E-state index contributed by atoms with van der Waals surface area (Å²) in [5.74, 6) is 0.586. The third kappa shape index (κ3) is 2.66. The van der Waals surface area contributed by atoms with Gasteiger partial charge in [-0.15, -0.1) is 0 Å². The fourth-order valence-corrected chi connectivity index (χ4v) is 2.78. The number of carbonyl (C=O) groups excluding carboxylic acids is 1. The first-order valence-electron chi connectivity index (χ1n) is 7.36. The lowest BCUT2D eigenvalue weighted by Gasteiger charge is -2.04. The largest absolute Gasteiger partial charge is 0.466 e. The molecule has 1 aliphatic heterocycles. The van der Waals surface area contributed by atoms with Crippen LogP contribution in [0.5, 0.6) is 0 Å². The van der Waals surface area contributed by atoms with Crippen LogP contribution in [-0.2, 0) is 22.4 Å². The fraction of sp³-hybridized carbons (Fsp3) is 0.353. The highest BCUT2D eigenvalue weighted by atomic mass is 16.5. The first-order valence-corrected chi connectivity index (χ1v) is 7.36. The molecule has 22 heavy (non-hydrogen) atoms. The van der Waals surface area contributed by atoms with Gasteiger partial charge in [-0.3, -0.25) is 9.79 Å². The molecule has 0 aliphatic carbocycles. The van der Waals surface area contributed by atoms with Gasteiger partial charge < -0.3 is 9.26 Å². The lowest BCUT2D eigenvalue weighted by molar-refractivity contribution is -0.142.